The summed E-state index contributed by atoms with van der Waals surface area (Å²) in [6.07, 6.45) is 4.23. The van der Waals surface area contributed by atoms with Crippen LogP contribution in [0.2, 0.25) is 0 Å². The lowest BCUT2D eigenvalue weighted by Crippen LogP contribution is -2.48. The van der Waals surface area contributed by atoms with Crippen LogP contribution in [-0.4, -0.2) is 126 Å². The number of hydrogen-bond donors (Lipinski definition) is 1. The lowest BCUT2D eigenvalue weighted by Gasteiger charge is -2.35. The van der Waals surface area contributed by atoms with Crippen LogP contribution in [0, 0.1) is 0 Å². The molecule has 0 spiro atoms. The molecule has 0 atom stereocenters. The number of fused-ring (bicyclic) bond motifs is 1. The zero-order valence-corrected chi connectivity index (χ0v) is 20.8. The second kappa shape index (κ2) is 17.7. The van der Waals surface area contributed by atoms with Crippen LogP contribution in [0.4, 0.5) is 5.95 Å². The van der Waals surface area contributed by atoms with E-state index in [0.29, 0.717) is 72.5 Å². The number of carbonyl (C=O) groups excluding carboxylic acids is 1. The number of nitrogens with zero attached hydrogens (tertiary/aromatic N) is 4. The summed E-state index contributed by atoms with van der Waals surface area (Å²) in [6, 6.07) is 0. The Morgan fingerprint density at radius 2 is 1.43 bits per heavy atom. The van der Waals surface area contributed by atoms with E-state index in [1.165, 1.54) is 11.3 Å². The van der Waals surface area contributed by atoms with Crippen LogP contribution in [0.15, 0.2) is 6.20 Å². The summed E-state index contributed by atoms with van der Waals surface area (Å²) in [5.74, 6) is 0.868. The van der Waals surface area contributed by atoms with Crippen molar-refractivity contribution >= 4 is 12.2 Å². The molecule has 0 saturated carbocycles. The lowest BCUT2D eigenvalue weighted by atomic mass is 10.1. The number of aldehydes is 1. The first-order valence-corrected chi connectivity index (χ1v) is 12.7. The molecule has 35 heavy (non-hydrogen) atoms. The van der Waals surface area contributed by atoms with E-state index >= 15 is 0 Å². The highest BCUT2D eigenvalue weighted by atomic mass is 16.6. The van der Waals surface area contributed by atoms with Crippen molar-refractivity contribution in [3.8, 4) is 0 Å². The predicted octanol–water partition coefficient (Wildman–Crippen LogP) is -0.0837. The Labute approximate surface area is 208 Å². The molecule has 2 aliphatic rings. The molecule has 3 heterocycles. The third-order valence-corrected chi connectivity index (χ3v) is 5.87. The van der Waals surface area contributed by atoms with Crippen LogP contribution in [0.5, 0.6) is 0 Å². The van der Waals surface area contributed by atoms with Gasteiger partial charge in [0.05, 0.1) is 71.8 Å². The van der Waals surface area contributed by atoms with Crippen molar-refractivity contribution in [2.24, 2.45) is 0 Å². The van der Waals surface area contributed by atoms with Gasteiger partial charge in [-0.05, 0) is 0 Å². The van der Waals surface area contributed by atoms with Crippen molar-refractivity contribution in [2.45, 2.75) is 19.4 Å². The molecule has 0 aliphatic carbocycles. The van der Waals surface area contributed by atoms with E-state index in [2.05, 4.69) is 20.1 Å². The Morgan fingerprint density at radius 1 is 0.829 bits per heavy atom. The number of piperazine rings is 1. The summed E-state index contributed by atoms with van der Waals surface area (Å²) in [5.41, 5.74) is 2.42. The van der Waals surface area contributed by atoms with Gasteiger partial charge in [-0.1, -0.05) is 0 Å². The number of hydrogen-bond acceptors (Lipinski definition) is 11. The average molecular weight is 496 g/mol. The molecule has 1 N–H and O–H groups in total. The van der Waals surface area contributed by atoms with Crippen molar-refractivity contribution in [1.29, 1.82) is 0 Å². The molecule has 1 aromatic rings. The van der Waals surface area contributed by atoms with Gasteiger partial charge in [-0.2, -0.15) is 0 Å². The van der Waals surface area contributed by atoms with Gasteiger partial charge in [-0.3, -0.25) is 4.90 Å². The summed E-state index contributed by atoms with van der Waals surface area (Å²) < 4.78 is 27.3. The normalized spacial score (nSPS) is 16.4. The zero-order chi connectivity index (χ0) is 24.4. The van der Waals surface area contributed by atoms with Gasteiger partial charge < -0.3 is 38.7 Å². The van der Waals surface area contributed by atoms with Crippen LogP contribution < -0.4 is 10.2 Å². The third-order valence-electron chi connectivity index (χ3n) is 5.87. The van der Waals surface area contributed by atoms with Crippen molar-refractivity contribution in [3.05, 3.63) is 17.5 Å². The Balaban J connectivity index is 1.08. The Hall–Kier alpha value is -1.73. The SMILES string of the molecule is O=CCCOCCOCCOCCOCCOCCN1CCN(c2ncc3c(n2)CCNC3)CC1. The smallest absolute Gasteiger partial charge is 0.225 e. The molecular formula is C24H41N5O6. The monoisotopic (exact) mass is 495 g/mol. The van der Waals surface area contributed by atoms with E-state index in [0.717, 1.165) is 64.5 Å². The van der Waals surface area contributed by atoms with Crippen LogP contribution in [0.1, 0.15) is 17.7 Å². The molecule has 198 valence electrons. The van der Waals surface area contributed by atoms with Gasteiger partial charge in [0.15, 0.2) is 0 Å². The van der Waals surface area contributed by atoms with Crippen molar-refractivity contribution in [2.75, 3.05) is 110 Å². The lowest BCUT2D eigenvalue weighted by molar-refractivity contribution is -0.108. The number of nitrogens with one attached hydrogen (secondary N) is 1. The second-order valence-electron chi connectivity index (χ2n) is 8.41. The molecule has 0 aromatic carbocycles. The number of carbonyl (C=O) groups is 1. The summed E-state index contributed by atoms with van der Waals surface area (Å²) in [4.78, 5) is 24.2. The predicted molar refractivity (Wildman–Crippen MR) is 131 cm³/mol. The Bertz CT molecular complexity index is 705. The van der Waals surface area contributed by atoms with E-state index < -0.39 is 0 Å². The molecule has 11 nitrogen and oxygen atoms in total. The highest BCUT2D eigenvalue weighted by Gasteiger charge is 2.20. The van der Waals surface area contributed by atoms with Gasteiger partial charge in [-0.15, -0.1) is 0 Å². The van der Waals surface area contributed by atoms with Crippen LogP contribution in [-0.2, 0) is 41.4 Å². The van der Waals surface area contributed by atoms with Gasteiger partial charge in [0.25, 0.3) is 0 Å². The first-order chi connectivity index (χ1) is 17.4. The topological polar surface area (TPSA) is 108 Å². The summed E-state index contributed by atoms with van der Waals surface area (Å²) in [7, 11) is 0. The molecule has 1 saturated heterocycles. The van der Waals surface area contributed by atoms with Crippen molar-refractivity contribution in [1.82, 2.24) is 20.2 Å². The number of anilines is 1. The molecule has 3 rings (SSSR count). The molecule has 11 heteroatoms. The fourth-order valence-corrected chi connectivity index (χ4v) is 3.86. The number of aromatic nitrogens is 2. The van der Waals surface area contributed by atoms with Gasteiger partial charge in [0.1, 0.15) is 6.29 Å². The highest BCUT2D eigenvalue weighted by Crippen LogP contribution is 2.16. The maximum atomic E-state index is 10.1. The minimum Gasteiger partial charge on any atom is -0.379 e. The average Bonchev–Trinajstić information content (AvgIpc) is 2.90. The maximum Gasteiger partial charge on any atom is 0.225 e. The molecule has 1 fully saturated rings. The zero-order valence-electron chi connectivity index (χ0n) is 20.8. The number of rotatable bonds is 19. The largest absolute Gasteiger partial charge is 0.379 e. The van der Waals surface area contributed by atoms with E-state index in [1.807, 2.05) is 6.20 Å². The van der Waals surface area contributed by atoms with Gasteiger partial charge in [0, 0.05) is 70.4 Å². The second-order valence-corrected chi connectivity index (χ2v) is 8.41. The van der Waals surface area contributed by atoms with Gasteiger partial charge >= 0.3 is 0 Å². The van der Waals surface area contributed by atoms with Gasteiger partial charge in [-0.25, -0.2) is 9.97 Å². The Morgan fingerprint density at radius 3 is 2.06 bits per heavy atom. The van der Waals surface area contributed by atoms with Crippen LogP contribution >= 0.6 is 0 Å². The van der Waals surface area contributed by atoms with Crippen LogP contribution in [0.25, 0.3) is 0 Å². The molecule has 1 aromatic heterocycles. The Kier molecular flexibility index (Phi) is 14.1. The molecule has 0 amide bonds. The third kappa shape index (κ3) is 11.2. The molecule has 2 aliphatic heterocycles. The van der Waals surface area contributed by atoms with E-state index in [1.54, 1.807) is 0 Å². The molecular weight excluding hydrogens is 454 g/mol. The minimum atomic E-state index is 0.427. The summed E-state index contributed by atoms with van der Waals surface area (Å²) in [5, 5.41) is 3.36. The van der Waals surface area contributed by atoms with E-state index in [4.69, 9.17) is 28.7 Å². The molecule has 0 bridgehead atoms. The van der Waals surface area contributed by atoms with Crippen molar-refractivity contribution < 1.29 is 28.5 Å². The molecule has 0 radical (unpaired) electrons. The minimum absolute atomic E-state index is 0.427. The maximum absolute atomic E-state index is 10.1. The van der Waals surface area contributed by atoms with Crippen LogP contribution in [0.3, 0.4) is 0 Å². The molecule has 0 unspecified atom stereocenters. The number of ether oxygens (including phenoxy) is 5. The highest BCUT2D eigenvalue weighted by molar-refractivity contribution is 5.49. The first kappa shape index (κ1) is 27.9. The van der Waals surface area contributed by atoms with E-state index in [9.17, 15) is 4.79 Å². The quantitative estimate of drug-likeness (QED) is 0.206. The fraction of sp³-hybridized carbons (Fsp3) is 0.792. The van der Waals surface area contributed by atoms with Gasteiger partial charge in [0.2, 0.25) is 5.95 Å². The summed E-state index contributed by atoms with van der Waals surface area (Å²) in [6.45, 7) is 12.1. The standard InChI is InChI=1S/C24H41N5O6/c30-9-1-10-31-12-14-33-16-18-35-19-17-34-15-13-32-11-8-28-4-6-29(7-5-28)24-26-21-22-20-25-3-2-23(22)27-24/h9,21,25H,1-8,10-20H2. The first-order valence-electron chi connectivity index (χ1n) is 12.7. The van der Waals surface area contributed by atoms with Crippen molar-refractivity contribution in [3.63, 3.8) is 0 Å². The fourth-order valence-electron chi connectivity index (χ4n) is 3.86. The van der Waals surface area contributed by atoms with E-state index in [-0.39, 0.29) is 0 Å². The summed E-state index contributed by atoms with van der Waals surface area (Å²) >= 11 is 0.